The minimum absolute atomic E-state index is 0.766. The second-order valence-electron chi connectivity index (χ2n) is 4.84. The van der Waals surface area contributed by atoms with Gasteiger partial charge in [-0.15, -0.1) is 11.6 Å². The van der Waals surface area contributed by atoms with E-state index in [9.17, 15) is 0 Å². The highest BCUT2D eigenvalue weighted by Gasteiger charge is 2.25. The quantitative estimate of drug-likeness (QED) is 0.523. The van der Waals surface area contributed by atoms with Crippen molar-refractivity contribution >= 4 is 11.6 Å². The van der Waals surface area contributed by atoms with E-state index >= 15 is 0 Å². The lowest BCUT2D eigenvalue weighted by atomic mass is 9.98. The van der Waals surface area contributed by atoms with Gasteiger partial charge in [0.1, 0.15) is 0 Å². The molecule has 0 heterocycles. The number of likely N-dealkylation sites (N-methyl/N-ethyl adjacent to an activating group) is 1. The molecular weight excluding hydrogens is 220 g/mol. The van der Waals surface area contributed by atoms with Crippen LogP contribution in [0.3, 0.4) is 0 Å². The molecule has 0 spiro atoms. The van der Waals surface area contributed by atoms with Gasteiger partial charge in [0.15, 0.2) is 0 Å². The fourth-order valence-corrected chi connectivity index (χ4v) is 3.06. The maximum Gasteiger partial charge on any atom is 0.0254 e. The van der Waals surface area contributed by atoms with Gasteiger partial charge >= 0.3 is 0 Å². The van der Waals surface area contributed by atoms with E-state index in [1.54, 1.807) is 0 Å². The van der Waals surface area contributed by atoms with Gasteiger partial charge in [-0.25, -0.2) is 0 Å². The monoisotopic (exact) mass is 246 g/mol. The summed E-state index contributed by atoms with van der Waals surface area (Å²) in [6.07, 6.45) is 4.08. The van der Waals surface area contributed by atoms with E-state index in [-0.39, 0.29) is 0 Å². The molecule has 0 aliphatic heterocycles. The molecule has 1 aliphatic rings. The summed E-state index contributed by atoms with van der Waals surface area (Å²) in [5.41, 5.74) is 0. The van der Waals surface area contributed by atoms with Gasteiger partial charge in [-0.3, -0.25) is 0 Å². The zero-order chi connectivity index (χ0) is 11.8. The molecule has 0 aromatic carbocycles. The van der Waals surface area contributed by atoms with Gasteiger partial charge in [0.2, 0.25) is 0 Å². The summed E-state index contributed by atoms with van der Waals surface area (Å²) in [6.45, 7) is 10.2. The second kappa shape index (κ2) is 8.32. The van der Waals surface area contributed by atoms with Crippen LogP contribution in [0.25, 0.3) is 0 Å². The molecule has 1 fully saturated rings. The molecule has 0 aromatic rings. The number of alkyl halides is 1. The molecule has 96 valence electrons. The Kier molecular flexibility index (Phi) is 7.42. The van der Waals surface area contributed by atoms with Crippen molar-refractivity contribution in [2.75, 3.05) is 38.6 Å². The molecule has 0 aromatic heterocycles. The van der Waals surface area contributed by atoms with Gasteiger partial charge in [-0.05, 0) is 44.3 Å². The van der Waals surface area contributed by atoms with Crippen molar-refractivity contribution < 1.29 is 0 Å². The highest BCUT2D eigenvalue weighted by Crippen LogP contribution is 2.31. The van der Waals surface area contributed by atoms with E-state index < -0.39 is 0 Å². The number of halogens is 1. The lowest BCUT2D eigenvalue weighted by Gasteiger charge is -2.21. The Morgan fingerprint density at radius 3 is 2.50 bits per heavy atom. The molecular formula is C13H27ClN2. The Morgan fingerprint density at radius 1 is 1.19 bits per heavy atom. The van der Waals surface area contributed by atoms with Crippen molar-refractivity contribution in [3.05, 3.63) is 0 Å². The van der Waals surface area contributed by atoms with Crippen LogP contribution in [0, 0.1) is 11.8 Å². The summed E-state index contributed by atoms with van der Waals surface area (Å²) in [5, 5.41) is 3.59. The summed E-state index contributed by atoms with van der Waals surface area (Å²) < 4.78 is 0. The average Bonchev–Trinajstić information content (AvgIpc) is 2.77. The normalized spacial score (nSPS) is 25.5. The first-order valence-corrected chi connectivity index (χ1v) is 7.34. The van der Waals surface area contributed by atoms with Crippen molar-refractivity contribution in [1.29, 1.82) is 0 Å². The summed E-state index contributed by atoms with van der Waals surface area (Å²) in [5.74, 6) is 2.44. The highest BCUT2D eigenvalue weighted by molar-refractivity contribution is 6.18. The Balaban J connectivity index is 2.06. The van der Waals surface area contributed by atoms with E-state index in [4.69, 9.17) is 11.6 Å². The molecule has 2 nitrogen and oxygen atoms in total. The maximum absolute atomic E-state index is 5.97. The third kappa shape index (κ3) is 4.60. The van der Waals surface area contributed by atoms with E-state index in [0.717, 1.165) is 37.4 Å². The van der Waals surface area contributed by atoms with E-state index in [1.807, 2.05) is 0 Å². The van der Waals surface area contributed by atoms with Crippen molar-refractivity contribution in [1.82, 2.24) is 10.2 Å². The molecule has 0 bridgehead atoms. The number of rotatable bonds is 8. The van der Waals surface area contributed by atoms with Crippen LogP contribution >= 0.6 is 11.6 Å². The predicted molar refractivity (Wildman–Crippen MR) is 72.2 cm³/mol. The minimum atomic E-state index is 0.766. The van der Waals surface area contributed by atoms with Crippen LogP contribution in [0.5, 0.6) is 0 Å². The number of hydrogen-bond donors (Lipinski definition) is 1. The number of nitrogens with one attached hydrogen (secondary N) is 1. The Labute approximate surface area is 106 Å². The molecule has 0 amide bonds. The van der Waals surface area contributed by atoms with Gasteiger partial charge in [0, 0.05) is 19.0 Å². The molecule has 3 heteroatoms. The molecule has 1 N–H and O–H groups in total. The van der Waals surface area contributed by atoms with Crippen LogP contribution < -0.4 is 5.32 Å². The van der Waals surface area contributed by atoms with Gasteiger partial charge in [-0.1, -0.05) is 20.3 Å². The Bertz CT molecular complexity index is 171. The zero-order valence-corrected chi connectivity index (χ0v) is 11.6. The van der Waals surface area contributed by atoms with E-state index in [0.29, 0.717) is 0 Å². The standard InChI is InChI=1S/C13H27ClN2/c1-3-16(4-2)9-8-15-11-13-7-5-6-12(13)10-14/h12-13,15H,3-11H2,1-2H3. The Hall–Kier alpha value is 0.210. The molecule has 16 heavy (non-hydrogen) atoms. The van der Waals surface area contributed by atoms with Crippen molar-refractivity contribution in [2.24, 2.45) is 11.8 Å². The van der Waals surface area contributed by atoms with Crippen LogP contribution in [0.1, 0.15) is 33.1 Å². The molecule has 1 saturated carbocycles. The molecule has 1 aliphatic carbocycles. The lowest BCUT2D eigenvalue weighted by Crippen LogP contribution is -2.34. The summed E-state index contributed by atoms with van der Waals surface area (Å²) >= 11 is 5.97. The fourth-order valence-electron chi connectivity index (χ4n) is 2.65. The Morgan fingerprint density at radius 2 is 1.88 bits per heavy atom. The first-order valence-electron chi connectivity index (χ1n) is 6.80. The van der Waals surface area contributed by atoms with Gasteiger partial charge < -0.3 is 10.2 Å². The van der Waals surface area contributed by atoms with Crippen LogP contribution in [0.15, 0.2) is 0 Å². The molecule has 2 atom stereocenters. The summed E-state index contributed by atoms with van der Waals surface area (Å²) in [7, 11) is 0. The van der Waals surface area contributed by atoms with Crippen molar-refractivity contribution in [3.63, 3.8) is 0 Å². The third-order valence-corrected chi connectivity index (χ3v) is 4.32. The first kappa shape index (κ1) is 14.3. The number of nitrogens with zero attached hydrogens (tertiary/aromatic N) is 1. The number of hydrogen-bond acceptors (Lipinski definition) is 2. The lowest BCUT2D eigenvalue weighted by molar-refractivity contribution is 0.295. The second-order valence-corrected chi connectivity index (χ2v) is 5.14. The van der Waals surface area contributed by atoms with Crippen LogP contribution in [-0.4, -0.2) is 43.5 Å². The molecule has 0 saturated heterocycles. The summed E-state index contributed by atoms with van der Waals surface area (Å²) in [6, 6.07) is 0. The topological polar surface area (TPSA) is 15.3 Å². The molecule has 1 rings (SSSR count). The van der Waals surface area contributed by atoms with Crippen LogP contribution in [-0.2, 0) is 0 Å². The van der Waals surface area contributed by atoms with E-state index in [2.05, 4.69) is 24.1 Å². The first-order chi connectivity index (χ1) is 7.81. The minimum Gasteiger partial charge on any atom is -0.315 e. The van der Waals surface area contributed by atoms with Crippen LogP contribution in [0.4, 0.5) is 0 Å². The van der Waals surface area contributed by atoms with Gasteiger partial charge in [-0.2, -0.15) is 0 Å². The highest BCUT2D eigenvalue weighted by atomic mass is 35.5. The molecule has 2 unspecified atom stereocenters. The smallest absolute Gasteiger partial charge is 0.0254 e. The average molecular weight is 247 g/mol. The maximum atomic E-state index is 5.97. The van der Waals surface area contributed by atoms with Gasteiger partial charge in [0.05, 0.1) is 0 Å². The van der Waals surface area contributed by atoms with E-state index in [1.165, 1.54) is 32.4 Å². The third-order valence-electron chi connectivity index (χ3n) is 3.92. The van der Waals surface area contributed by atoms with Gasteiger partial charge in [0.25, 0.3) is 0 Å². The fraction of sp³-hybridized carbons (Fsp3) is 1.00. The zero-order valence-electron chi connectivity index (χ0n) is 10.8. The van der Waals surface area contributed by atoms with Crippen molar-refractivity contribution in [2.45, 2.75) is 33.1 Å². The SMILES string of the molecule is CCN(CC)CCNCC1CCCC1CCl. The van der Waals surface area contributed by atoms with Crippen molar-refractivity contribution in [3.8, 4) is 0 Å². The summed E-state index contributed by atoms with van der Waals surface area (Å²) in [4.78, 5) is 2.46. The molecule has 0 radical (unpaired) electrons. The predicted octanol–water partition coefficient (Wildman–Crippen LogP) is 2.57. The largest absolute Gasteiger partial charge is 0.315 e. The van der Waals surface area contributed by atoms with Crippen LogP contribution in [0.2, 0.25) is 0 Å².